The number of carbonyl (C=O) groups excluding carboxylic acids is 1. The van der Waals surface area contributed by atoms with Gasteiger partial charge in [0.1, 0.15) is 24.4 Å². The Morgan fingerprint density at radius 1 is 1.00 bits per heavy atom. The molecule has 0 radical (unpaired) electrons. The average Bonchev–Trinajstić information content (AvgIpc) is 2.83. The molecule has 0 saturated heterocycles. The van der Waals surface area contributed by atoms with Crippen LogP contribution in [0.15, 0.2) is 66.7 Å². The molecule has 0 heterocycles. The van der Waals surface area contributed by atoms with E-state index in [-0.39, 0.29) is 5.75 Å². The van der Waals surface area contributed by atoms with E-state index in [0.717, 1.165) is 16.9 Å². The minimum absolute atomic E-state index is 0.0541. The van der Waals surface area contributed by atoms with Crippen molar-refractivity contribution in [2.45, 2.75) is 26.2 Å². The lowest BCUT2D eigenvalue weighted by molar-refractivity contribution is -0.104. The molecule has 0 aromatic heterocycles. The van der Waals surface area contributed by atoms with Crippen LogP contribution in [0.5, 0.6) is 11.5 Å². The summed E-state index contributed by atoms with van der Waals surface area (Å²) in [7, 11) is 1.68. The number of carbonyl (C=O) groups is 1. The molecule has 1 unspecified atom stereocenters. The van der Waals surface area contributed by atoms with Crippen molar-refractivity contribution in [2.24, 2.45) is 0 Å². The Kier molecular flexibility index (Phi) is 8.63. The van der Waals surface area contributed by atoms with Gasteiger partial charge < -0.3 is 25.6 Å². The van der Waals surface area contributed by atoms with Crippen molar-refractivity contribution in [3.63, 3.8) is 0 Å². The zero-order chi connectivity index (χ0) is 23.6. The number of nitrogens with one attached hydrogen (secondary N) is 2. The zero-order valence-corrected chi connectivity index (χ0v) is 18.9. The summed E-state index contributed by atoms with van der Waals surface area (Å²) < 4.78 is 5.82. The number of rotatable bonds is 11. The topological polar surface area (TPSA) is 90.8 Å². The van der Waals surface area contributed by atoms with Crippen molar-refractivity contribution >= 4 is 18.0 Å². The molecular weight excluding hydrogens is 416 g/mol. The first-order chi connectivity index (χ1) is 16.0. The molecule has 0 spiro atoms. The van der Waals surface area contributed by atoms with E-state index in [0.29, 0.717) is 42.8 Å². The number of aryl methyl sites for hydroxylation is 1. The lowest BCUT2D eigenvalue weighted by Crippen LogP contribution is -2.21. The standard InChI is InChI=1S/C27H30N2O4/c1-19-5-11-22(12-6-19)33-18-21-9-7-20(8-10-21)16-29-17-26(32)23-13-14-25(31)27(28-2)24(23)4-3-15-30/h3-15,26,28-29,31-32H,16-18H2,1-2H3/b4-3-. The maximum Gasteiger partial charge on any atom is 0.142 e. The summed E-state index contributed by atoms with van der Waals surface area (Å²) in [5.74, 6) is 0.900. The average molecular weight is 447 g/mol. The predicted octanol–water partition coefficient (Wildman–Crippen LogP) is 4.36. The molecule has 33 heavy (non-hydrogen) atoms. The van der Waals surface area contributed by atoms with Crippen molar-refractivity contribution in [3.05, 3.63) is 94.6 Å². The molecule has 0 aliphatic rings. The second-order valence-electron chi connectivity index (χ2n) is 7.77. The SMILES string of the molecule is CNc1c(O)ccc(C(O)CNCc2ccc(COc3ccc(C)cc3)cc2)c1/C=C\C=O. The zero-order valence-electron chi connectivity index (χ0n) is 18.9. The number of ether oxygens (including phenoxy) is 1. The van der Waals surface area contributed by atoms with Gasteiger partial charge >= 0.3 is 0 Å². The number of aliphatic hydroxyl groups is 1. The van der Waals surface area contributed by atoms with Crippen molar-refractivity contribution in [3.8, 4) is 11.5 Å². The van der Waals surface area contributed by atoms with Crippen LogP contribution in [-0.2, 0) is 17.9 Å². The molecule has 172 valence electrons. The summed E-state index contributed by atoms with van der Waals surface area (Å²) in [6, 6.07) is 19.3. The van der Waals surface area contributed by atoms with Gasteiger partial charge in [0.15, 0.2) is 0 Å². The molecule has 0 fully saturated rings. The van der Waals surface area contributed by atoms with E-state index in [2.05, 4.69) is 10.6 Å². The van der Waals surface area contributed by atoms with E-state index in [9.17, 15) is 15.0 Å². The molecule has 6 heteroatoms. The number of phenolic OH excluding ortho intramolecular Hbond substituents is 1. The summed E-state index contributed by atoms with van der Waals surface area (Å²) in [6.07, 6.45) is 2.76. The van der Waals surface area contributed by atoms with Crippen LogP contribution in [0.3, 0.4) is 0 Å². The monoisotopic (exact) mass is 446 g/mol. The van der Waals surface area contributed by atoms with Crippen molar-refractivity contribution < 1.29 is 19.7 Å². The Bertz CT molecular complexity index is 1080. The first-order valence-corrected chi connectivity index (χ1v) is 10.8. The first kappa shape index (κ1) is 24.0. The summed E-state index contributed by atoms with van der Waals surface area (Å²) in [5.41, 5.74) is 5.03. The molecule has 0 aliphatic heterocycles. The fraction of sp³-hybridized carbons (Fsp3) is 0.222. The molecule has 1 atom stereocenters. The molecule has 0 amide bonds. The minimum Gasteiger partial charge on any atom is -0.506 e. The van der Waals surface area contributed by atoms with Crippen molar-refractivity contribution in [1.29, 1.82) is 0 Å². The number of benzene rings is 3. The quantitative estimate of drug-likeness (QED) is 0.199. The lowest BCUT2D eigenvalue weighted by atomic mass is 9.99. The number of aliphatic hydroxyl groups excluding tert-OH is 1. The molecule has 0 saturated carbocycles. The smallest absolute Gasteiger partial charge is 0.142 e. The van der Waals surface area contributed by atoms with Crippen molar-refractivity contribution in [1.82, 2.24) is 5.32 Å². The van der Waals surface area contributed by atoms with Gasteiger partial charge in [0.2, 0.25) is 0 Å². The van der Waals surface area contributed by atoms with E-state index in [1.165, 1.54) is 17.7 Å². The van der Waals surface area contributed by atoms with E-state index in [4.69, 9.17) is 4.74 Å². The maximum atomic E-state index is 10.8. The summed E-state index contributed by atoms with van der Waals surface area (Å²) in [5, 5.41) is 27.0. The van der Waals surface area contributed by atoms with E-state index < -0.39 is 6.10 Å². The van der Waals surface area contributed by atoms with Gasteiger partial charge in [-0.25, -0.2) is 0 Å². The first-order valence-electron chi connectivity index (χ1n) is 10.8. The van der Waals surface area contributed by atoms with E-state index >= 15 is 0 Å². The van der Waals surface area contributed by atoms with Crippen LogP contribution < -0.4 is 15.4 Å². The van der Waals surface area contributed by atoms with Gasteiger partial charge in [-0.15, -0.1) is 0 Å². The van der Waals surface area contributed by atoms with Gasteiger partial charge in [-0.3, -0.25) is 4.79 Å². The molecule has 3 rings (SSSR count). The number of hydrogen-bond donors (Lipinski definition) is 4. The highest BCUT2D eigenvalue weighted by Gasteiger charge is 2.16. The molecule has 4 N–H and O–H groups in total. The fourth-order valence-electron chi connectivity index (χ4n) is 3.51. The van der Waals surface area contributed by atoms with Crippen LogP contribution in [0.4, 0.5) is 5.69 Å². The highest BCUT2D eigenvalue weighted by atomic mass is 16.5. The van der Waals surface area contributed by atoms with Crippen molar-refractivity contribution in [2.75, 3.05) is 18.9 Å². The third-order valence-electron chi connectivity index (χ3n) is 5.32. The van der Waals surface area contributed by atoms with Gasteiger partial charge in [-0.05, 0) is 54.0 Å². The molecule has 3 aromatic rings. The number of aldehydes is 1. The molecule has 3 aromatic carbocycles. The number of phenols is 1. The Morgan fingerprint density at radius 3 is 2.36 bits per heavy atom. The maximum absolute atomic E-state index is 10.8. The van der Waals surface area contributed by atoms with Crippen LogP contribution in [0.2, 0.25) is 0 Å². The Balaban J connectivity index is 1.55. The molecule has 0 aliphatic carbocycles. The van der Waals surface area contributed by atoms with Gasteiger partial charge in [-0.1, -0.05) is 48.0 Å². The third-order valence-corrected chi connectivity index (χ3v) is 5.32. The van der Waals surface area contributed by atoms with E-state index in [1.54, 1.807) is 19.2 Å². The lowest BCUT2D eigenvalue weighted by Gasteiger charge is -2.18. The van der Waals surface area contributed by atoms with Gasteiger partial charge in [0, 0.05) is 25.7 Å². The fourth-order valence-corrected chi connectivity index (χ4v) is 3.51. The Hall–Kier alpha value is -3.61. The Labute approximate surface area is 194 Å². The van der Waals surface area contributed by atoms with Crippen LogP contribution in [-0.4, -0.2) is 30.1 Å². The number of allylic oxidation sites excluding steroid dienone is 1. The minimum atomic E-state index is -0.814. The number of aromatic hydroxyl groups is 1. The number of anilines is 1. The Morgan fingerprint density at radius 2 is 1.70 bits per heavy atom. The summed E-state index contributed by atoms with van der Waals surface area (Å²) >= 11 is 0. The predicted molar refractivity (Wildman–Crippen MR) is 131 cm³/mol. The van der Waals surface area contributed by atoms with Gasteiger partial charge in [-0.2, -0.15) is 0 Å². The highest BCUT2D eigenvalue weighted by Crippen LogP contribution is 2.33. The summed E-state index contributed by atoms with van der Waals surface area (Å²) in [6.45, 7) is 3.45. The largest absolute Gasteiger partial charge is 0.506 e. The third kappa shape index (κ3) is 6.68. The van der Waals surface area contributed by atoms with Crippen LogP contribution in [0.1, 0.15) is 33.9 Å². The van der Waals surface area contributed by atoms with Crippen LogP contribution in [0.25, 0.3) is 6.08 Å². The van der Waals surface area contributed by atoms with Gasteiger partial charge in [0.05, 0.1) is 11.8 Å². The molecule has 0 bridgehead atoms. The molecular formula is C27H30N2O4. The van der Waals surface area contributed by atoms with E-state index in [1.807, 2.05) is 55.5 Å². The molecule has 6 nitrogen and oxygen atoms in total. The van der Waals surface area contributed by atoms with Crippen LogP contribution in [0, 0.1) is 6.92 Å². The van der Waals surface area contributed by atoms with Gasteiger partial charge in [0.25, 0.3) is 0 Å². The highest BCUT2D eigenvalue weighted by molar-refractivity contribution is 5.81. The summed E-state index contributed by atoms with van der Waals surface area (Å²) in [4.78, 5) is 10.8. The second-order valence-corrected chi connectivity index (χ2v) is 7.77. The normalized spacial score (nSPS) is 12.0. The van der Waals surface area contributed by atoms with Crippen LogP contribution >= 0.6 is 0 Å². The second kappa shape index (κ2) is 11.9. The number of hydrogen-bond acceptors (Lipinski definition) is 6.